The van der Waals surface area contributed by atoms with E-state index >= 15 is 0 Å². The summed E-state index contributed by atoms with van der Waals surface area (Å²) in [6.07, 6.45) is 1.81. The van der Waals surface area contributed by atoms with Crippen LogP contribution in [0.3, 0.4) is 0 Å². The average Bonchev–Trinajstić information content (AvgIpc) is 3.10. The quantitative estimate of drug-likeness (QED) is 0.554. The molecule has 23 heavy (non-hydrogen) atoms. The molecular formula is C19H13ClN2S. The van der Waals surface area contributed by atoms with E-state index in [1.54, 1.807) is 17.4 Å². The molecule has 1 atom stereocenters. The Kier molecular flexibility index (Phi) is 4.87. The van der Waals surface area contributed by atoms with Gasteiger partial charge in [-0.2, -0.15) is 5.26 Å². The van der Waals surface area contributed by atoms with Crippen LogP contribution in [0.4, 0.5) is 5.69 Å². The summed E-state index contributed by atoms with van der Waals surface area (Å²) < 4.78 is 0. The molecule has 0 saturated heterocycles. The number of nitrogens with zero attached hydrogens (tertiary/aromatic N) is 2. The Morgan fingerprint density at radius 2 is 1.91 bits per heavy atom. The van der Waals surface area contributed by atoms with Gasteiger partial charge in [0.2, 0.25) is 0 Å². The summed E-state index contributed by atoms with van der Waals surface area (Å²) in [4.78, 5) is 5.51. The van der Waals surface area contributed by atoms with E-state index in [9.17, 15) is 5.26 Å². The highest BCUT2D eigenvalue weighted by Crippen LogP contribution is 2.32. The van der Waals surface area contributed by atoms with Crippen molar-refractivity contribution in [2.24, 2.45) is 4.99 Å². The first-order valence-electron chi connectivity index (χ1n) is 7.09. The second-order valence-electron chi connectivity index (χ2n) is 4.95. The number of aliphatic imine (C=N–C) groups is 1. The maximum Gasteiger partial charge on any atom is 0.0977 e. The fourth-order valence-corrected chi connectivity index (χ4v) is 3.17. The molecule has 1 heterocycles. The zero-order valence-electron chi connectivity index (χ0n) is 12.2. The van der Waals surface area contributed by atoms with Crippen LogP contribution in [0.5, 0.6) is 0 Å². The zero-order chi connectivity index (χ0) is 16.1. The predicted octanol–water partition coefficient (Wildman–Crippen LogP) is 5.81. The van der Waals surface area contributed by atoms with E-state index in [0.717, 1.165) is 21.7 Å². The maximum atomic E-state index is 9.52. The SMILES string of the molecule is N#CC(c1ccccc1)c1ccc(N=Cc2cccs2)cc1Cl. The van der Waals surface area contributed by atoms with Crippen molar-refractivity contribution in [3.05, 3.63) is 87.1 Å². The third-order valence-corrected chi connectivity index (χ3v) is 4.58. The number of thiophene rings is 1. The molecule has 0 aliphatic carbocycles. The number of rotatable bonds is 4. The standard InChI is InChI=1S/C19H13ClN2S/c20-19-11-15(22-13-16-7-4-10-23-16)8-9-17(19)18(12-21)14-5-2-1-3-6-14/h1-11,13,18H. The van der Waals surface area contributed by atoms with Crippen molar-refractivity contribution in [1.29, 1.82) is 5.26 Å². The lowest BCUT2D eigenvalue weighted by Gasteiger charge is -2.12. The fourth-order valence-electron chi connectivity index (χ4n) is 2.30. The number of hydrogen-bond donors (Lipinski definition) is 0. The van der Waals surface area contributed by atoms with Gasteiger partial charge in [0.25, 0.3) is 0 Å². The van der Waals surface area contributed by atoms with Crippen LogP contribution in [-0.2, 0) is 0 Å². The Balaban J connectivity index is 1.88. The predicted molar refractivity (Wildman–Crippen MR) is 96.9 cm³/mol. The van der Waals surface area contributed by atoms with Crippen molar-refractivity contribution in [2.45, 2.75) is 5.92 Å². The van der Waals surface area contributed by atoms with Crippen LogP contribution >= 0.6 is 22.9 Å². The van der Waals surface area contributed by atoms with Gasteiger partial charge >= 0.3 is 0 Å². The van der Waals surface area contributed by atoms with Crippen LogP contribution in [0, 0.1) is 11.3 Å². The molecule has 0 aliphatic heterocycles. The van der Waals surface area contributed by atoms with E-state index in [-0.39, 0.29) is 5.92 Å². The van der Waals surface area contributed by atoms with Crippen LogP contribution in [-0.4, -0.2) is 6.21 Å². The number of nitriles is 1. The van der Waals surface area contributed by atoms with Crippen LogP contribution in [0.15, 0.2) is 71.0 Å². The molecule has 0 aliphatic rings. The lowest BCUT2D eigenvalue weighted by atomic mass is 9.92. The highest BCUT2D eigenvalue weighted by molar-refractivity contribution is 7.11. The first-order valence-corrected chi connectivity index (χ1v) is 8.35. The average molecular weight is 337 g/mol. The van der Waals surface area contributed by atoms with Gasteiger partial charge in [-0.3, -0.25) is 4.99 Å². The Labute approximate surface area is 144 Å². The summed E-state index contributed by atoms with van der Waals surface area (Å²) in [5.74, 6) is -0.376. The molecule has 0 radical (unpaired) electrons. The van der Waals surface area contributed by atoms with Gasteiger partial charge in [0.1, 0.15) is 0 Å². The van der Waals surface area contributed by atoms with Gasteiger partial charge in [0.15, 0.2) is 0 Å². The van der Waals surface area contributed by atoms with Gasteiger partial charge < -0.3 is 0 Å². The van der Waals surface area contributed by atoms with E-state index in [0.29, 0.717) is 5.02 Å². The Hall–Kier alpha value is -2.41. The first kappa shape index (κ1) is 15.5. The second kappa shape index (κ2) is 7.23. The van der Waals surface area contributed by atoms with Crippen molar-refractivity contribution in [3.63, 3.8) is 0 Å². The minimum Gasteiger partial charge on any atom is -0.255 e. The molecule has 0 bridgehead atoms. The van der Waals surface area contributed by atoms with Crippen molar-refractivity contribution in [3.8, 4) is 6.07 Å². The summed E-state index contributed by atoms with van der Waals surface area (Å²) in [5, 5.41) is 12.1. The van der Waals surface area contributed by atoms with Gasteiger partial charge in [0, 0.05) is 16.1 Å². The van der Waals surface area contributed by atoms with Crippen LogP contribution in [0.25, 0.3) is 0 Å². The molecule has 0 N–H and O–H groups in total. The molecule has 3 aromatic rings. The second-order valence-corrected chi connectivity index (χ2v) is 6.34. The fraction of sp³-hybridized carbons (Fsp3) is 0.0526. The summed E-state index contributed by atoms with van der Waals surface area (Å²) >= 11 is 8.02. The number of hydrogen-bond acceptors (Lipinski definition) is 3. The van der Waals surface area contributed by atoms with Crippen molar-refractivity contribution in [2.75, 3.05) is 0 Å². The van der Waals surface area contributed by atoms with E-state index in [1.807, 2.05) is 66.2 Å². The Morgan fingerprint density at radius 3 is 2.57 bits per heavy atom. The zero-order valence-corrected chi connectivity index (χ0v) is 13.8. The molecule has 0 amide bonds. The molecule has 2 nitrogen and oxygen atoms in total. The maximum absolute atomic E-state index is 9.52. The Morgan fingerprint density at radius 1 is 1.09 bits per heavy atom. The Bertz CT molecular complexity index is 849. The molecule has 1 unspecified atom stereocenters. The van der Waals surface area contributed by atoms with Crippen LogP contribution in [0.2, 0.25) is 5.02 Å². The number of halogens is 1. The highest BCUT2D eigenvalue weighted by Gasteiger charge is 2.16. The van der Waals surface area contributed by atoms with Gasteiger partial charge in [-0.05, 0) is 34.7 Å². The molecule has 1 aromatic heterocycles. The van der Waals surface area contributed by atoms with Crippen LogP contribution < -0.4 is 0 Å². The van der Waals surface area contributed by atoms with E-state index in [4.69, 9.17) is 11.6 Å². The van der Waals surface area contributed by atoms with Gasteiger partial charge in [-0.25, -0.2) is 0 Å². The number of benzene rings is 2. The van der Waals surface area contributed by atoms with E-state index < -0.39 is 0 Å². The normalized spacial score (nSPS) is 12.2. The van der Waals surface area contributed by atoms with Crippen LogP contribution in [0.1, 0.15) is 21.9 Å². The first-order chi connectivity index (χ1) is 11.3. The summed E-state index contributed by atoms with van der Waals surface area (Å²) in [7, 11) is 0. The molecule has 0 saturated carbocycles. The van der Waals surface area contributed by atoms with Gasteiger partial charge in [0.05, 0.1) is 17.7 Å². The monoisotopic (exact) mass is 336 g/mol. The molecule has 2 aromatic carbocycles. The van der Waals surface area contributed by atoms with E-state index in [2.05, 4.69) is 11.1 Å². The summed E-state index contributed by atoms with van der Waals surface area (Å²) in [6, 6.07) is 21.5. The van der Waals surface area contributed by atoms with Gasteiger partial charge in [-0.1, -0.05) is 54.1 Å². The third kappa shape index (κ3) is 3.68. The lowest BCUT2D eigenvalue weighted by Crippen LogP contribution is -1.98. The molecular weight excluding hydrogens is 324 g/mol. The smallest absolute Gasteiger partial charge is 0.0977 e. The van der Waals surface area contributed by atoms with Crippen molar-refractivity contribution in [1.82, 2.24) is 0 Å². The third-order valence-electron chi connectivity index (χ3n) is 3.44. The highest BCUT2D eigenvalue weighted by atomic mass is 35.5. The summed E-state index contributed by atoms with van der Waals surface area (Å²) in [5.41, 5.74) is 2.51. The van der Waals surface area contributed by atoms with Crippen molar-refractivity contribution >= 4 is 34.8 Å². The topological polar surface area (TPSA) is 36.1 Å². The minimum absolute atomic E-state index is 0.376. The van der Waals surface area contributed by atoms with Crippen molar-refractivity contribution < 1.29 is 0 Å². The molecule has 4 heteroatoms. The van der Waals surface area contributed by atoms with E-state index in [1.165, 1.54) is 0 Å². The summed E-state index contributed by atoms with van der Waals surface area (Å²) in [6.45, 7) is 0. The lowest BCUT2D eigenvalue weighted by molar-refractivity contribution is 1.04. The largest absolute Gasteiger partial charge is 0.255 e. The molecule has 0 fully saturated rings. The minimum atomic E-state index is -0.376. The molecule has 0 spiro atoms. The van der Waals surface area contributed by atoms with Gasteiger partial charge in [-0.15, -0.1) is 11.3 Å². The molecule has 3 rings (SSSR count). The molecule has 112 valence electrons.